The molecule has 1 fully saturated rings. The predicted molar refractivity (Wildman–Crippen MR) is 89.5 cm³/mol. The van der Waals surface area contributed by atoms with Crippen LogP contribution in [0.2, 0.25) is 0 Å². The van der Waals surface area contributed by atoms with E-state index < -0.39 is 9.05 Å². The molecule has 1 saturated carbocycles. The first-order chi connectivity index (χ1) is 9.80. The number of rotatable bonds is 5. The molecule has 0 heterocycles. The highest BCUT2D eigenvalue weighted by atomic mass is 79.9. The van der Waals surface area contributed by atoms with E-state index in [1.54, 1.807) is 0 Å². The first-order valence-electron chi connectivity index (χ1n) is 7.11. The molecule has 1 aliphatic carbocycles. The minimum Gasteiger partial charge on any atom is -0.492 e. The van der Waals surface area contributed by atoms with Crippen LogP contribution in [0.1, 0.15) is 37.7 Å². The van der Waals surface area contributed by atoms with Crippen molar-refractivity contribution < 1.29 is 13.2 Å². The second kappa shape index (κ2) is 6.88. The summed E-state index contributed by atoms with van der Waals surface area (Å²) in [5, 5.41) is 0. The Hall–Kier alpha value is -0.260. The summed E-state index contributed by atoms with van der Waals surface area (Å²) < 4.78 is 29.9. The summed E-state index contributed by atoms with van der Waals surface area (Å²) in [4.78, 5) is 0. The van der Waals surface area contributed by atoms with Crippen molar-refractivity contribution in [3.05, 3.63) is 28.2 Å². The smallest absolute Gasteiger partial charge is 0.233 e. The fourth-order valence-corrected chi connectivity index (χ4v) is 5.36. The largest absolute Gasteiger partial charge is 0.492 e. The van der Waals surface area contributed by atoms with Crippen LogP contribution >= 0.6 is 26.6 Å². The fourth-order valence-electron chi connectivity index (χ4n) is 2.95. The molecule has 0 bridgehead atoms. The summed E-state index contributed by atoms with van der Waals surface area (Å²) in [7, 11) is 1.97. The Morgan fingerprint density at radius 1 is 1.29 bits per heavy atom. The third kappa shape index (κ3) is 5.15. The van der Waals surface area contributed by atoms with Crippen LogP contribution in [0.15, 0.2) is 22.7 Å². The Morgan fingerprint density at radius 2 is 1.95 bits per heavy atom. The molecule has 0 aromatic heterocycles. The standard InChI is InChI=1S/C15H20BrClO3S/c1-12-5-6-14(13(16)9-12)20-10-15(11-21(17,18)19)7-3-2-4-8-15/h5-6,9H,2-4,7-8,10-11H2,1H3. The van der Waals surface area contributed by atoms with Crippen LogP contribution in [0.4, 0.5) is 0 Å². The Balaban J connectivity index is 2.12. The highest BCUT2D eigenvalue weighted by molar-refractivity contribution is 9.10. The SMILES string of the molecule is Cc1ccc(OCC2(CS(=O)(=O)Cl)CCCCC2)c(Br)c1. The summed E-state index contributed by atoms with van der Waals surface area (Å²) in [6.45, 7) is 2.40. The second-order valence-corrected chi connectivity index (χ2v) is 9.60. The summed E-state index contributed by atoms with van der Waals surface area (Å²) in [5.41, 5.74) is 0.785. The molecule has 21 heavy (non-hydrogen) atoms. The molecule has 0 unspecified atom stereocenters. The number of halogens is 2. The normalized spacial score (nSPS) is 18.4. The van der Waals surface area contributed by atoms with Crippen LogP contribution < -0.4 is 4.74 Å². The third-order valence-corrected chi connectivity index (χ3v) is 5.92. The van der Waals surface area contributed by atoms with Crippen molar-refractivity contribution >= 4 is 35.7 Å². The third-order valence-electron chi connectivity index (χ3n) is 4.01. The van der Waals surface area contributed by atoms with Crippen molar-refractivity contribution in [3.63, 3.8) is 0 Å². The monoisotopic (exact) mass is 394 g/mol. The van der Waals surface area contributed by atoms with E-state index in [0.29, 0.717) is 6.61 Å². The van der Waals surface area contributed by atoms with Gasteiger partial charge in [-0.15, -0.1) is 0 Å². The lowest BCUT2D eigenvalue weighted by atomic mass is 9.76. The Bertz CT molecular complexity index is 595. The summed E-state index contributed by atoms with van der Waals surface area (Å²) in [6.07, 6.45) is 4.92. The molecule has 6 heteroatoms. The molecule has 1 aromatic rings. The molecular formula is C15H20BrClO3S. The number of hydrogen-bond donors (Lipinski definition) is 0. The average molecular weight is 396 g/mol. The Kier molecular flexibility index (Phi) is 5.60. The van der Waals surface area contributed by atoms with E-state index in [9.17, 15) is 8.42 Å². The number of hydrogen-bond acceptors (Lipinski definition) is 3. The van der Waals surface area contributed by atoms with Crippen molar-refractivity contribution in [2.75, 3.05) is 12.4 Å². The molecule has 118 valence electrons. The van der Waals surface area contributed by atoms with Crippen LogP contribution in [0.25, 0.3) is 0 Å². The molecule has 3 nitrogen and oxygen atoms in total. The molecule has 0 spiro atoms. The lowest BCUT2D eigenvalue weighted by molar-refractivity contribution is 0.118. The molecule has 0 saturated heterocycles. The molecule has 1 aliphatic rings. The first-order valence-corrected chi connectivity index (χ1v) is 10.4. The minimum atomic E-state index is -3.52. The Labute approximate surface area is 139 Å². The van der Waals surface area contributed by atoms with Gasteiger partial charge in [-0.25, -0.2) is 8.42 Å². The van der Waals surface area contributed by atoms with Crippen molar-refractivity contribution in [1.29, 1.82) is 0 Å². The number of benzene rings is 1. The van der Waals surface area contributed by atoms with Crippen molar-refractivity contribution in [2.45, 2.75) is 39.0 Å². The van der Waals surface area contributed by atoms with Gasteiger partial charge in [-0.05, 0) is 53.4 Å². The fraction of sp³-hybridized carbons (Fsp3) is 0.600. The van der Waals surface area contributed by atoms with Gasteiger partial charge < -0.3 is 4.74 Å². The summed E-state index contributed by atoms with van der Waals surface area (Å²) >= 11 is 3.48. The van der Waals surface area contributed by atoms with Crippen molar-refractivity contribution in [3.8, 4) is 5.75 Å². The Morgan fingerprint density at radius 3 is 2.52 bits per heavy atom. The molecule has 0 atom stereocenters. The number of aryl methyl sites for hydroxylation is 1. The van der Waals surface area contributed by atoms with E-state index in [0.717, 1.165) is 47.9 Å². The van der Waals surface area contributed by atoms with Gasteiger partial charge in [-0.2, -0.15) is 0 Å². The van der Waals surface area contributed by atoms with Crippen molar-refractivity contribution in [2.24, 2.45) is 5.41 Å². The zero-order valence-electron chi connectivity index (χ0n) is 12.1. The average Bonchev–Trinajstić information content (AvgIpc) is 2.37. The minimum absolute atomic E-state index is 0.00889. The predicted octanol–water partition coefficient (Wildman–Crippen LogP) is 4.66. The van der Waals surface area contributed by atoms with E-state index in [2.05, 4.69) is 15.9 Å². The summed E-state index contributed by atoms with van der Waals surface area (Å²) in [6, 6.07) is 5.87. The van der Waals surface area contributed by atoms with Gasteiger partial charge in [-0.1, -0.05) is 25.3 Å². The van der Waals surface area contributed by atoms with Gasteiger partial charge in [0.2, 0.25) is 9.05 Å². The highest BCUT2D eigenvalue weighted by Crippen LogP contribution is 2.39. The lowest BCUT2D eigenvalue weighted by Gasteiger charge is -2.36. The molecular weight excluding hydrogens is 376 g/mol. The maximum atomic E-state index is 11.5. The molecule has 0 amide bonds. The van der Waals surface area contributed by atoms with E-state index in [1.807, 2.05) is 25.1 Å². The van der Waals surface area contributed by atoms with E-state index in [4.69, 9.17) is 15.4 Å². The van der Waals surface area contributed by atoms with Gasteiger partial charge in [-0.3, -0.25) is 0 Å². The number of ether oxygens (including phenoxy) is 1. The van der Waals surface area contributed by atoms with E-state index in [-0.39, 0.29) is 11.2 Å². The summed E-state index contributed by atoms with van der Waals surface area (Å²) in [5.74, 6) is 0.739. The van der Waals surface area contributed by atoms with Gasteiger partial charge in [0.15, 0.2) is 0 Å². The maximum Gasteiger partial charge on any atom is 0.233 e. The molecule has 0 aliphatic heterocycles. The first kappa shape index (κ1) is 17.1. The molecule has 2 rings (SSSR count). The maximum absolute atomic E-state index is 11.5. The second-order valence-electron chi connectivity index (χ2n) is 5.97. The molecule has 1 aromatic carbocycles. The van der Waals surface area contributed by atoms with E-state index in [1.165, 1.54) is 0 Å². The highest BCUT2D eigenvalue weighted by Gasteiger charge is 2.37. The van der Waals surface area contributed by atoms with Crippen LogP contribution in [0, 0.1) is 12.3 Å². The van der Waals surface area contributed by atoms with Gasteiger partial charge in [0, 0.05) is 16.1 Å². The zero-order chi connectivity index (χ0) is 15.5. The van der Waals surface area contributed by atoms with Crippen LogP contribution in [0.5, 0.6) is 5.75 Å². The van der Waals surface area contributed by atoms with Gasteiger partial charge in [0.25, 0.3) is 0 Å². The van der Waals surface area contributed by atoms with Crippen molar-refractivity contribution in [1.82, 2.24) is 0 Å². The lowest BCUT2D eigenvalue weighted by Crippen LogP contribution is -2.36. The van der Waals surface area contributed by atoms with Gasteiger partial charge in [0.1, 0.15) is 5.75 Å². The van der Waals surface area contributed by atoms with Gasteiger partial charge >= 0.3 is 0 Å². The van der Waals surface area contributed by atoms with Crippen LogP contribution in [-0.4, -0.2) is 20.8 Å². The van der Waals surface area contributed by atoms with Crippen LogP contribution in [0.3, 0.4) is 0 Å². The quantitative estimate of drug-likeness (QED) is 0.681. The van der Waals surface area contributed by atoms with E-state index >= 15 is 0 Å². The zero-order valence-corrected chi connectivity index (χ0v) is 15.2. The molecule has 0 radical (unpaired) electrons. The molecule has 0 N–H and O–H groups in total. The van der Waals surface area contributed by atoms with Crippen LogP contribution in [-0.2, 0) is 9.05 Å². The van der Waals surface area contributed by atoms with Gasteiger partial charge in [0.05, 0.1) is 16.8 Å². The topological polar surface area (TPSA) is 43.4 Å².